The number of methoxy groups -OCH3 is 1. The summed E-state index contributed by atoms with van der Waals surface area (Å²) in [5, 5.41) is 0.751. The molecule has 0 atom stereocenters. The van der Waals surface area contributed by atoms with Crippen LogP contribution >= 0.6 is 73.5 Å². The predicted octanol–water partition coefficient (Wildman–Crippen LogP) is 8.18. The van der Waals surface area contributed by atoms with E-state index < -0.39 is 0 Å². The largest absolute Gasteiger partial charge is 0.493 e. The van der Waals surface area contributed by atoms with Crippen molar-refractivity contribution in [3.8, 4) is 11.5 Å². The maximum Gasteiger partial charge on any atom is 0.293 e. The number of carbonyl (C=O) groups excluding carboxylic acids is 2. The topological polar surface area (TPSA) is 55.8 Å². The Morgan fingerprint density at radius 2 is 1.83 bits per heavy atom. The van der Waals surface area contributed by atoms with Gasteiger partial charge >= 0.3 is 0 Å². The summed E-state index contributed by atoms with van der Waals surface area (Å²) < 4.78 is 13.2. The van der Waals surface area contributed by atoms with Gasteiger partial charge in [0.1, 0.15) is 6.61 Å². The van der Waals surface area contributed by atoms with Crippen LogP contribution < -0.4 is 9.47 Å². The Balaban J connectivity index is 1.53. The maximum atomic E-state index is 12.9. The molecule has 0 spiro atoms. The monoisotopic (exact) mass is 703 g/mol. The highest BCUT2D eigenvalue weighted by molar-refractivity contribution is 14.1. The van der Waals surface area contributed by atoms with Gasteiger partial charge in [-0.25, -0.2) is 0 Å². The van der Waals surface area contributed by atoms with Crippen molar-refractivity contribution in [2.75, 3.05) is 7.11 Å². The molecule has 0 saturated carbocycles. The molecule has 1 saturated heterocycles. The zero-order valence-electron chi connectivity index (χ0n) is 18.2. The number of amides is 2. The van der Waals surface area contributed by atoms with E-state index >= 15 is 0 Å². The van der Waals surface area contributed by atoms with Crippen molar-refractivity contribution in [1.82, 2.24) is 4.90 Å². The van der Waals surface area contributed by atoms with Gasteiger partial charge in [-0.2, -0.15) is 0 Å². The van der Waals surface area contributed by atoms with E-state index in [1.807, 2.05) is 24.3 Å². The summed E-state index contributed by atoms with van der Waals surface area (Å²) >= 11 is 18.9. The van der Waals surface area contributed by atoms with Gasteiger partial charge in [0, 0.05) is 19.2 Å². The second-order valence-electron chi connectivity index (χ2n) is 7.45. The summed E-state index contributed by atoms with van der Waals surface area (Å²) in [6, 6.07) is 16.4. The van der Waals surface area contributed by atoms with Crippen LogP contribution in [0.25, 0.3) is 6.08 Å². The van der Waals surface area contributed by atoms with Gasteiger partial charge in [-0.15, -0.1) is 0 Å². The van der Waals surface area contributed by atoms with Crippen LogP contribution in [0.2, 0.25) is 10.0 Å². The average molecular weight is 705 g/mol. The van der Waals surface area contributed by atoms with Gasteiger partial charge in [0.15, 0.2) is 11.5 Å². The van der Waals surface area contributed by atoms with E-state index in [1.54, 1.807) is 36.4 Å². The number of hydrogen-bond acceptors (Lipinski definition) is 5. The number of rotatable bonds is 7. The molecular formula is C25H17BrCl2INO4S. The first-order valence-electron chi connectivity index (χ1n) is 10.2. The SMILES string of the molecule is COc1cc(/C=C2/SC(=O)N(Cc3ccc(I)cc3)C2=O)cc(Br)c1OCc1ccc(Cl)cc1Cl. The second-order valence-corrected chi connectivity index (χ2v) is 11.4. The Kier molecular flexibility index (Phi) is 8.70. The lowest BCUT2D eigenvalue weighted by Crippen LogP contribution is -2.27. The molecule has 0 bridgehead atoms. The Morgan fingerprint density at radius 1 is 1.09 bits per heavy atom. The number of hydrogen-bond donors (Lipinski definition) is 0. The molecule has 0 aromatic heterocycles. The second kappa shape index (κ2) is 11.6. The Labute approximate surface area is 239 Å². The fourth-order valence-corrected chi connectivity index (χ4v) is 5.55. The molecule has 0 aliphatic carbocycles. The zero-order valence-corrected chi connectivity index (χ0v) is 24.3. The van der Waals surface area contributed by atoms with Crippen LogP contribution in [-0.4, -0.2) is 23.2 Å². The van der Waals surface area contributed by atoms with Crippen LogP contribution in [0, 0.1) is 3.57 Å². The molecule has 10 heteroatoms. The minimum absolute atomic E-state index is 0.210. The van der Waals surface area contributed by atoms with Crippen LogP contribution in [0.1, 0.15) is 16.7 Å². The van der Waals surface area contributed by atoms with Crippen LogP contribution in [0.3, 0.4) is 0 Å². The minimum atomic E-state index is -0.327. The number of ether oxygens (including phenoxy) is 2. The van der Waals surface area contributed by atoms with Crippen molar-refractivity contribution in [3.05, 3.63) is 94.3 Å². The van der Waals surface area contributed by atoms with Crippen LogP contribution in [-0.2, 0) is 17.9 Å². The number of imide groups is 1. The molecule has 35 heavy (non-hydrogen) atoms. The van der Waals surface area contributed by atoms with E-state index in [0.717, 1.165) is 26.5 Å². The van der Waals surface area contributed by atoms with Crippen LogP contribution in [0.15, 0.2) is 64.0 Å². The fraction of sp³-hybridized carbons (Fsp3) is 0.120. The smallest absolute Gasteiger partial charge is 0.293 e. The summed E-state index contributed by atoms with van der Waals surface area (Å²) in [4.78, 5) is 27.1. The molecule has 1 heterocycles. The summed E-state index contributed by atoms with van der Waals surface area (Å²) in [6.07, 6.45) is 1.67. The highest BCUT2D eigenvalue weighted by atomic mass is 127. The van der Waals surface area contributed by atoms with Crippen molar-refractivity contribution < 1.29 is 19.1 Å². The van der Waals surface area contributed by atoms with Gasteiger partial charge in [0.05, 0.1) is 23.0 Å². The lowest BCUT2D eigenvalue weighted by molar-refractivity contribution is -0.123. The van der Waals surface area contributed by atoms with Crippen LogP contribution in [0.4, 0.5) is 4.79 Å². The molecular weight excluding hydrogens is 688 g/mol. The molecule has 0 N–H and O–H groups in total. The normalized spacial score (nSPS) is 14.7. The van der Waals surface area contributed by atoms with Crippen LogP contribution in [0.5, 0.6) is 11.5 Å². The molecule has 4 rings (SSSR count). The minimum Gasteiger partial charge on any atom is -0.493 e. The Bertz CT molecular complexity index is 1330. The third-order valence-corrected chi connectivity index (χ3v) is 7.87. The molecule has 2 amide bonds. The third kappa shape index (κ3) is 6.35. The van der Waals surface area contributed by atoms with Gasteiger partial charge in [0.25, 0.3) is 11.1 Å². The molecule has 1 aliphatic rings. The van der Waals surface area contributed by atoms with Gasteiger partial charge in [-0.3, -0.25) is 14.5 Å². The first-order valence-corrected chi connectivity index (χ1v) is 13.6. The third-order valence-electron chi connectivity index (χ3n) is 5.06. The highest BCUT2D eigenvalue weighted by Gasteiger charge is 2.35. The number of benzene rings is 3. The molecule has 0 radical (unpaired) electrons. The summed E-state index contributed by atoms with van der Waals surface area (Å²) in [5.74, 6) is 0.627. The first kappa shape index (κ1) is 26.3. The molecule has 180 valence electrons. The number of halogens is 4. The van der Waals surface area contributed by atoms with E-state index in [-0.39, 0.29) is 24.3 Å². The molecule has 1 aliphatic heterocycles. The van der Waals surface area contributed by atoms with Crippen molar-refractivity contribution in [3.63, 3.8) is 0 Å². The predicted molar refractivity (Wildman–Crippen MR) is 152 cm³/mol. The van der Waals surface area contributed by atoms with Crippen molar-refractivity contribution in [1.29, 1.82) is 0 Å². The van der Waals surface area contributed by atoms with Crippen molar-refractivity contribution in [2.45, 2.75) is 13.2 Å². The number of thioether (sulfide) groups is 1. The summed E-state index contributed by atoms with van der Waals surface area (Å²) in [7, 11) is 1.53. The van der Waals surface area contributed by atoms with E-state index in [2.05, 4.69) is 38.5 Å². The van der Waals surface area contributed by atoms with E-state index in [9.17, 15) is 9.59 Å². The first-order chi connectivity index (χ1) is 16.7. The lowest BCUT2D eigenvalue weighted by atomic mass is 10.1. The van der Waals surface area contributed by atoms with E-state index in [0.29, 0.717) is 36.5 Å². The highest BCUT2D eigenvalue weighted by Crippen LogP contribution is 2.40. The molecule has 3 aromatic carbocycles. The van der Waals surface area contributed by atoms with Gasteiger partial charge < -0.3 is 9.47 Å². The number of nitrogens with zero attached hydrogens (tertiary/aromatic N) is 1. The maximum absolute atomic E-state index is 12.9. The summed E-state index contributed by atoms with van der Waals surface area (Å²) in [6.45, 7) is 0.438. The average Bonchev–Trinajstić information content (AvgIpc) is 3.07. The van der Waals surface area contributed by atoms with Gasteiger partial charge in [-0.05, 0) is 104 Å². The number of carbonyl (C=O) groups is 2. The molecule has 1 fully saturated rings. The quantitative estimate of drug-likeness (QED) is 0.184. The Morgan fingerprint density at radius 3 is 2.51 bits per heavy atom. The fourth-order valence-electron chi connectivity index (χ4n) is 3.31. The van der Waals surface area contributed by atoms with Crippen molar-refractivity contribution >= 4 is 90.7 Å². The lowest BCUT2D eigenvalue weighted by Gasteiger charge is -2.14. The Hall–Kier alpha value is -1.72. The van der Waals surface area contributed by atoms with Gasteiger partial charge in [-0.1, -0.05) is 41.4 Å². The molecule has 3 aromatic rings. The standard InChI is InChI=1S/C25H17BrCl2INO4S/c1-33-21-9-15(8-19(26)23(21)34-13-16-4-5-17(27)11-20(16)28)10-22-24(31)30(25(32)35-22)12-14-2-6-18(29)7-3-14/h2-11H,12-13H2,1H3/b22-10+. The molecule has 0 unspecified atom stereocenters. The van der Waals surface area contributed by atoms with Gasteiger partial charge in [0.2, 0.25) is 0 Å². The summed E-state index contributed by atoms with van der Waals surface area (Å²) in [5.41, 5.74) is 2.35. The van der Waals surface area contributed by atoms with E-state index in [4.69, 9.17) is 32.7 Å². The zero-order chi connectivity index (χ0) is 25.1. The van der Waals surface area contributed by atoms with E-state index in [1.165, 1.54) is 12.0 Å². The molecule has 5 nitrogen and oxygen atoms in total. The van der Waals surface area contributed by atoms with Crippen molar-refractivity contribution in [2.24, 2.45) is 0 Å².